The van der Waals surface area contributed by atoms with Gasteiger partial charge in [0, 0.05) is 12.5 Å². The van der Waals surface area contributed by atoms with Crippen LogP contribution in [0.4, 0.5) is 0 Å². The number of methoxy groups -OCH3 is 1. The first-order valence-corrected chi connectivity index (χ1v) is 7.85. The van der Waals surface area contributed by atoms with E-state index < -0.39 is 0 Å². The highest BCUT2D eigenvalue weighted by molar-refractivity contribution is 5.79. The van der Waals surface area contributed by atoms with Gasteiger partial charge in [-0.05, 0) is 51.1 Å². The van der Waals surface area contributed by atoms with Gasteiger partial charge in [-0.25, -0.2) is 0 Å². The summed E-state index contributed by atoms with van der Waals surface area (Å²) in [6, 6.07) is 8.19. The molecule has 0 saturated heterocycles. The van der Waals surface area contributed by atoms with E-state index in [-0.39, 0.29) is 17.9 Å². The van der Waals surface area contributed by atoms with Gasteiger partial charge in [0.15, 0.2) is 0 Å². The maximum atomic E-state index is 12.3. The number of ether oxygens (including phenoxy) is 1. The fourth-order valence-electron chi connectivity index (χ4n) is 2.80. The van der Waals surface area contributed by atoms with E-state index in [2.05, 4.69) is 34.5 Å². The fourth-order valence-corrected chi connectivity index (χ4v) is 2.80. The molecule has 22 heavy (non-hydrogen) atoms. The number of benzene rings is 1. The second-order valence-electron chi connectivity index (χ2n) is 5.98. The number of allylic oxidation sites excluding steroid dienone is 2. The summed E-state index contributed by atoms with van der Waals surface area (Å²) in [4.78, 5) is 14.4. The summed E-state index contributed by atoms with van der Waals surface area (Å²) >= 11 is 0. The van der Waals surface area contributed by atoms with Crippen LogP contribution in [0.2, 0.25) is 0 Å². The van der Waals surface area contributed by atoms with Gasteiger partial charge >= 0.3 is 0 Å². The molecule has 1 aromatic carbocycles. The Balaban J connectivity index is 1.96. The Morgan fingerprint density at radius 1 is 1.32 bits per heavy atom. The minimum absolute atomic E-state index is 0.128. The van der Waals surface area contributed by atoms with Crippen molar-refractivity contribution in [1.29, 1.82) is 0 Å². The molecule has 0 fully saturated rings. The van der Waals surface area contributed by atoms with E-state index in [1.54, 1.807) is 7.11 Å². The second kappa shape index (κ2) is 7.99. The SMILES string of the molecule is COc1ccc(C(CNC(=O)C2CC=CCC2)N(C)C)cc1. The number of hydrogen-bond donors (Lipinski definition) is 1. The Bertz CT molecular complexity index is 508. The van der Waals surface area contributed by atoms with Crippen LogP contribution >= 0.6 is 0 Å². The van der Waals surface area contributed by atoms with Crippen LogP contribution in [0.3, 0.4) is 0 Å². The lowest BCUT2D eigenvalue weighted by molar-refractivity contribution is -0.125. The van der Waals surface area contributed by atoms with E-state index in [4.69, 9.17) is 4.74 Å². The molecule has 1 amide bonds. The zero-order chi connectivity index (χ0) is 15.9. The lowest BCUT2D eigenvalue weighted by Crippen LogP contribution is -2.38. The molecule has 0 radical (unpaired) electrons. The summed E-state index contributed by atoms with van der Waals surface area (Å²) in [5.41, 5.74) is 1.18. The summed E-state index contributed by atoms with van der Waals surface area (Å²) < 4.78 is 5.20. The minimum atomic E-state index is 0.128. The summed E-state index contributed by atoms with van der Waals surface area (Å²) in [5.74, 6) is 1.15. The van der Waals surface area contributed by atoms with Crippen LogP contribution in [-0.4, -0.2) is 38.6 Å². The van der Waals surface area contributed by atoms with E-state index in [9.17, 15) is 4.79 Å². The summed E-state index contributed by atoms with van der Waals surface area (Å²) in [5, 5.41) is 3.12. The average molecular weight is 302 g/mol. The molecule has 2 atom stereocenters. The van der Waals surface area contributed by atoms with Crippen molar-refractivity contribution in [3.8, 4) is 5.75 Å². The number of carbonyl (C=O) groups is 1. The van der Waals surface area contributed by atoms with Crippen molar-refractivity contribution < 1.29 is 9.53 Å². The van der Waals surface area contributed by atoms with Crippen molar-refractivity contribution in [2.24, 2.45) is 5.92 Å². The third kappa shape index (κ3) is 4.34. The van der Waals surface area contributed by atoms with Gasteiger partial charge in [-0.3, -0.25) is 4.79 Å². The summed E-state index contributed by atoms with van der Waals surface area (Å²) in [6.45, 7) is 0.623. The highest BCUT2D eigenvalue weighted by atomic mass is 16.5. The molecule has 0 heterocycles. The number of amides is 1. The quantitative estimate of drug-likeness (QED) is 0.822. The minimum Gasteiger partial charge on any atom is -0.497 e. The first kappa shape index (κ1) is 16.6. The molecule has 1 aromatic rings. The Kier molecular flexibility index (Phi) is 6.01. The van der Waals surface area contributed by atoms with Gasteiger partial charge in [0.1, 0.15) is 5.75 Å². The number of hydrogen-bond acceptors (Lipinski definition) is 3. The molecule has 2 unspecified atom stereocenters. The molecular formula is C18H26N2O2. The van der Waals surface area contributed by atoms with Gasteiger partial charge in [0.2, 0.25) is 5.91 Å². The van der Waals surface area contributed by atoms with Crippen LogP contribution in [0.25, 0.3) is 0 Å². The maximum Gasteiger partial charge on any atom is 0.223 e. The molecule has 1 aliphatic rings. The van der Waals surface area contributed by atoms with E-state index in [0.29, 0.717) is 6.54 Å². The van der Waals surface area contributed by atoms with E-state index >= 15 is 0 Å². The lowest BCUT2D eigenvalue weighted by Gasteiger charge is -2.26. The Hall–Kier alpha value is -1.81. The van der Waals surface area contributed by atoms with Gasteiger partial charge in [0.25, 0.3) is 0 Å². The van der Waals surface area contributed by atoms with Crippen molar-refractivity contribution in [2.75, 3.05) is 27.7 Å². The van der Waals surface area contributed by atoms with E-state index in [0.717, 1.165) is 25.0 Å². The Morgan fingerprint density at radius 2 is 2.05 bits per heavy atom. The van der Waals surface area contributed by atoms with Crippen molar-refractivity contribution in [1.82, 2.24) is 10.2 Å². The predicted molar refractivity (Wildman–Crippen MR) is 88.9 cm³/mol. The zero-order valence-corrected chi connectivity index (χ0v) is 13.7. The molecule has 4 heteroatoms. The first-order chi connectivity index (χ1) is 10.6. The summed E-state index contributed by atoms with van der Waals surface area (Å²) in [7, 11) is 5.73. The largest absolute Gasteiger partial charge is 0.497 e. The van der Waals surface area contributed by atoms with Crippen molar-refractivity contribution in [3.63, 3.8) is 0 Å². The number of likely N-dealkylation sites (N-methyl/N-ethyl adjacent to an activating group) is 1. The highest BCUT2D eigenvalue weighted by Gasteiger charge is 2.21. The van der Waals surface area contributed by atoms with Crippen molar-refractivity contribution >= 4 is 5.91 Å². The number of nitrogens with zero attached hydrogens (tertiary/aromatic N) is 1. The van der Waals surface area contributed by atoms with E-state index in [1.807, 2.05) is 26.2 Å². The van der Waals surface area contributed by atoms with Crippen LogP contribution in [0, 0.1) is 5.92 Å². The highest BCUT2D eigenvalue weighted by Crippen LogP contribution is 2.22. The predicted octanol–water partition coefficient (Wildman–Crippen LogP) is 2.77. The van der Waals surface area contributed by atoms with Crippen molar-refractivity contribution in [3.05, 3.63) is 42.0 Å². The van der Waals surface area contributed by atoms with E-state index in [1.165, 1.54) is 5.56 Å². The number of nitrogens with one attached hydrogen (secondary N) is 1. The molecule has 1 N–H and O–H groups in total. The first-order valence-electron chi connectivity index (χ1n) is 7.85. The fraction of sp³-hybridized carbons (Fsp3) is 0.500. The van der Waals surface area contributed by atoms with Crippen LogP contribution in [0.1, 0.15) is 30.9 Å². The third-order valence-corrected chi connectivity index (χ3v) is 4.23. The van der Waals surface area contributed by atoms with Crippen LogP contribution in [0.5, 0.6) is 5.75 Å². The van der Waals surface area contributed by atoms with Crippen LogP contribution in [0.15, 0.2) is 36.4 Å². The molecule has 0 aliphatic heterocycles. The monoisotopic (exact) mass is 302 g/mol. The standard InChI is InChI=1S/C18H26N2O2/c1-20(2)17(14-9-11-16(22-3)12-10-14)13-19-18(21)15-7-5-4-6-8-15/h4-5,9-12,15,17H,6-8,13H2,1-3H3,(H,19,21). The molecule has 0 bridgehead atoms. The average Bonchev–Trinajstić information content (AvgIpc) is 2.56. The van der Waals surface area contributed by atoms with Gasteiger partial charge in [-0.15, -0.1) is 0 Å². The molecule has 0 saturated carbocycles. The Morgan fingerprint density at radius 3 is 2.59 bits per heavy atom. The lowest BCUT2D eigenvalue weighted by atomic mass is 9.93. The number of carbonyl (C=O) groups excluding carboxylic acids is 1. The maximum absolute atomic E-state index is 12.3. The number of rotatable bonds is 6. The molecule has 0 aromatic heterocycles. The van der Waals surface area contributed by atoms with Crippen LogP contribution < -0.4 is 10.1 Å². The summed E-state index contributed by atoms with van der Waals surface area (Å²) in [6.07, 6.45) is 7.09. The molecule has 0 spiro atoms. The molecule has 1 aliphatic carbocycles. The Labute approximate surface area is 133 Å². The molecule has 120 valence electrons. The third-order valence-electron chi connectivity index (χ3n) is 4.23. The van der Waals surface area contributed by atoms with Gasteiger partial charge in [-0.2, -0.15) is 0 Å². The zero-order valence-electron chi connectivity index (χ0n) is 13.7. The molecule has 4 nitrogen and oxygen atoms in total. The topological polar surface area (TPSA) is 41.6 Å². The molecule has 2 rings (SSSR count). The van der Waals surface area contributed by atoms with Gasteiger partial charge in [0.05, 0.1) is 13.2 Å². The van der Waals surface area contributed by atoms with Crippen LogP contribution in [-0.2, 0) is 4.79 Å². The normalized spacial score (nSPS) is 19.0. The molecular weight excluding hydrogens is 276 g/mol. The second-order valence-corrected chi connectivity index (χ2v) is 5.98. The van der Waals surface area contributed by atoms with Crippen molar-refractivity contribution in [2.45, 2.75) is 25.3 Å². The van der Waals surface area contributed by atoms with Gasteiger partial charge in [-0.1, -0.05) is 24.3 Å². The smallest absolute Gasteiger partial charge is 0.223 e. The van der Waals surface area contributed by atoms with Gasteiger partial charge < -0.3 is 15.0 Å².